The summed E-state index contributed by atoms with van der Waals surface area (Å²) < 4.78 is 14.1. The summed E-state index contributed by atoms with van der Waals surface area (Å²) in [7, 11) is 0. The van der Waals surface area contributed by atoms with Crippen LogP contribution in [0.5, 0.6) is 0 Å². The smallest absolute Gasteiger partial charge is 0.257 e. The quantitative estimate of drug-likeness (QED) is 0.855. The average Bonchev–Trinajstić information content (AvgIpc) is 2.35. The van der Waals surface area contributed by atoms with Crippen molar-refractivity contribution in [1.29, 1.82) is 0 Å². The van der Waals surface area contributed by atoms with Crippen LogP contribution in [0, 0.1) is 5.82 Å². The van der Waals surface area contributed by atoms with E-state index in [2.05, 4.69) is 21.2 Å². The summed E-state index contributed by atoms with van der Waals surface area (Å²) >= 11 is 3.04. The Hall–Kier alpha value is -1.43. The summed E-state index contributed by atoms with van der Waals surface area (Å²) in [5, 5.41) is 2.66. The summed E-state index contributed by atoms with van der Waals surface area (Å²) in [5.74, 6) is -1.28. The Morgan fingerprint density at radius 3 is 3.00 bits per heavy atom. The lowest BCUT2D eigenvalue weighted by Gasteiger charge is -2.32. The highest BCUT2D eigenvalue weighted by molar-refractivity contribution is 9.10. The highest BCUT2D eigenvalue weighted by Crippen LogP contribution is 2.21. The van der Waals surface area contributed by atoms with Crippen molar-refractivity contribution < 1.29 is 14.0 Å². The molecule has 6 heteroatoms. The Bertz CT molecular complexity index is 507. The fraction of sp³-hybridized carbons (Fsp3) is 0.333. The van der Waals surface area contributed by atoms with Gasteiger partial charge in [0, 0.05) is 13.1 Å². The number of hydrogen-bond donors (Lipinski definition) is 1. The predicted molar refractivity (Wildman–Crippen MR) is 67.6 cm³/mol. The second-order valence-electron chi connectivity index (χ2n) is 4.07. The van der Waals surface area contributed by atoms with Crippen molar-refractivity contribution in [2.24, 2.45) is 0 Å². The molecule has 2 amide bonds. The van der Waals surface area contributed by atoms with Crippen LogP contribution in [0.25, 0.3) is 0 Å². The van der Waals surface area contributed by atoms with E-state index in [-0.39, 0.29) is 15.9 Å². The monoisotopic (exact) mass is 314 g/mol. The lowest BCUT2D eigenvalue weighted by atomic mass is 10.1. The van der Waals surface area contributed by atoms with Crippen LogP contribution in [0.3, 0.4) is 0 Å². The SMILES string of the molecule is CC1C(=O)NCCN1C(=O)c1cccc(Br)c1F. The molecule has 0 bridgehead atoms. The maximum Gasteiger partial charge on any atom is 0.257 e. The standard InChI is InChI=1S/C12H12BrFN2O2/c1-7-11(17)15-5-6-16(7)12(18)8-3-2-4-9(13)10(8)14/h2-4,7H,5-6H2,1H3,(H,15,17). The number of halogens is 2. The maximum atomic E-state index is 13.8. The number of carbonyl (C=O) groups is 2. The number of carbonyl (C=O) groups excluding carboxylic acids is 2. The van der Waals surface area contributed by atoms with Gasteiger partial charge in [-0.25, -0.2) is 4.39 Å². The lowest BCUT2D eigenvalue weighted by Crippen LogP contribution is -2.55. The fourth-order valence-corrected chi connectivity index (χ4v) is 2.25. The fourth-order valence-electron chi connectivity index (χ4n) is 1.88. The Balaban J connectivity index is 2.31. The summed E-state index contributed by atoms with van der Waals surface area (Å²) in [6.45, 7) is 2.41. The molecule has 0 aliphatic carbocycles. The van der Waals surface area contributed by atoms with E-state index in [9.17, 15) is 14.0 Å². The number of amides is 2. The third kappa shape index (κ3) is 2.25. The zero-order chi connectivity index (χ0) is 13.3. The highest BCUT2D eigenvalue weighted by atomic mass is 79.9. The van der Waals surface area contributed by atoms with Gasteiger partial charge in [0.2, 0.25) is 5.91 Å². The van der Waals surface area contributed by atoms with Crippen molar-refractivity contribution in [3.05, 3.63) is 34.1 Å². The van der Waals surface area contributed by atoms with Gasteiger partial charge in [-0.15, -0.1) is 0 Å². The van der Waals surface area contributed by atoms with Gasteiger partial charge in [-0.05, 0) is 35.0 Å². The van der Waals surface area contributed by atoms with Gasteiger partial charge in [-0.1, -0.05) is 6.07 Å². The predicted octanol–water partition coefficient (Wildman–Crippen LogP) is 1.55. The summed E-state index contributed by atoms with van der Waals surface area (Å²) in [5.41, 5.74) is -0.0223. The van der Waals surface area contributed by atoms with E-state index in [1.54, 1.807) is 13.0 Å². The molecule has 2 rings (SSSR count). The minimum absolute atomic E-state index is 0.0223. The Morgan fingerprint density at radius 1 is 1.56 bits per heavy atom. The molecular weight excluding hydrogens is 303 g/mol. The molecule has 1 saturated heterocycles. The highest BCUT2D eigenvalue weighted by Gasteiger charge is 2.31. The van der Waals surface area contributed by atoms with E-state index in [1.807, 2.05) is 0 Å². The molecule has 1 aliphatic rings. The molecule has 1 aromatic rings. The van der Waals surface area contributed by atoms with Gasteiger partial charge in [0.15, 0.2) is 0 Å². The van der Waals surface area contributed by atoms with E-state index in [1.165, 1.54) is 17.0 Å². The molecule has 1 aromatic carbocycles. The first-order valence-corrected chi connectivity index (χ1v) is 6.34. The van der Waals surface area contributed by atoms with Crippen molar-refractivity contribution in [1.82, 2.24) is 10.2 Å². The van der Waals surface area contributed by atoms with Crippen LogP contribution in [0.2, 0.25) is 0 Å². The minimum atomic E-state index is -0.597. The van der Waals surface area contributed by atoms with Gasteiger partial charge in [0.05, 0.1) is 10.0 Å². The van der Waals surface area contributed by atoms with E-state index in [0.717, 1.165) is 0 Å². The van der Waals surface area contributed by atoms with E-state index in [0.29, 0.717) is 13.1 Å². The first-order chi connectivity index (χ1) is 8.52. The van der Waals surface area contributed by atoms with Crippen molar-refractivity contribution in [3.63, 3.8) is 0 Å². The molecule has 4 nitrogen and oxygen atoms in total. The van der Waals surface area contributed by atoms with Gasteiger partial charge in [0.25, 0.3) is 5.91 Å². The molecule has 0 radical (unpaired) electrons. The average molecular weight is 315 g/mol. The second-order valence-corrected chi connectivity index (χ2v) is 4.92. The minimum Gasteiger partial charge on any atom is -0.353 e. The largest absolute Gasteiger partial charge is 0.353 e. The summed E-state index contributed by atoms with van der Waals surface area (Å²) in [4.78, 5) is 25.1. The number of benzene rings is 1. The van der Waals surface area contributed by atoms with Crippen LogP contribution in [0.15, 0.2) is 22.7 Å². The molecule has 1 atom stereocenters. The molecule has 0 saturated carbocycles. The van der Waals surface area contributed by atoms with E-state index < -0.39 is 17.8 Å². The van der Waals surface area contributed by atoms with Crippen molar-refractivity contribution in [3.8, 4) is 0 Å². The number of hydrogen-bond acceptors (Lipinski definition) is 2. The summed E-state index contributed by atoms with van der Waals surface area (Å²) in [6, 6.07) is 3.96. The van der Waals surface area contributed by atoms with Gasteiger partial charge < -0.3 is 10.2 Å². The number of nitrogens with one attached hydrogen (secondary N) is 1. The molecule has 0 aromatic heterocycles. The molecule has 1 N–H and O–H groups in total. The van der Waals surface area contributed by atoms with Crippen LogP contribution in [-0.2, 0) is 4.79 Å². The summed E-state index contributed by atoms with van der Waals surface area (Å²) in [6.07, 6.45) is 0. The maximum absolute atomic E-state index is 13.8. The molecule has 0 spiro atoms. The number of piperazine rings is 1. The van der Waals surface area contributed by atoms with Crippen LogP contribution >= 0.6 is 15.9 Å². The molecule has 18 heavy (non-hydrogen) atoms. The molecule has 96 valence electrons. The molecule has 1 heterocycles. The Morgan fingerprint density at radius 2 is 2.28 bits per heavy atom. The molecule has 1 unspecified atom stereocenters. The van der Waals surface area contributed by atoms with Gasteiger partial charge >= 0.3 is 0 Å². The van der Waals surface area contributed by atoms with Crippen LogP contribution in [0.4, 0.5) is 4.39 Å². The Labute approximate surface area is 112 Å². The van der Waals surface area contributed by atoms with Crippen molar-refractivity contribution in [2.75, 3.05) is 13.1 Å². The first kappa shape index (κ1) is 13.0. The van der Waals surface area contributed by atoms with Crippen molar-refractivity contribution >= 4 is 27.7 Å². The topological polar surface area (TPSA) is 49.4 Å². The zero-order valence-electron chi connectivity index (χ0n) is 9.74. The third-order valence-corrected chi connectivity index (χ3v) is 3.55. The molecular formula is C12H12BrFN2O2. The van der Waals surface area contributed by atoms with Gasteiger partial charge in [-0.3, -0.25) is 9.59 Å². The zero-order valence-corrected chi connectivity index (χ0v) is 11.3. The van der Waals surface area contributed by atoms with Crippen molar-refractivity contribution in [2.45, 2.75) is 13.0 Å². The first-order valence-electron chi connectivity index (χ1n) is 5.55. The van der Waals surface area contributed by atoms with Crippen LogP contribution < -0.4 is 5.32 Å². The normalized spacial score (nSPS) is 19.6. The number of nitrogens with zero attached hydrogens (tertiary/aromatic N) is 1. The lowest BCUT2D eigenvalue weighted by molar-refractivity contribution is -0.127. The van der Waals surface area contributed by atoms with Crippen LogP contribution in [-0.4, -0.2) is 35.8 Å². The van der Waals surface area contributed by atoms with E-state index >= 15 is 0 Å². The third-order valence-electron chi connectivity index (χ3n) is 2.94. The van der Waals surface area contributed by atoms with Gasteiger partial charge in [-0.2, -0.15) is 0 Å². The second kappa shape index (κ2) is 5.06. The number of rotatable bonds is 1. The molecule has 1 aliphatic heterocycles. The van der Waals surface area contributed by atoms with Crippen LogP contribution in [0.1, 0.15) is 17.3 Å². The Kier molecular flexibility index (Phi) is 3.65. The molecule has 1 fully saturated rings. The van der Waals surface area contributed by atoms with Gasteiger partial charge in [0.1, 0.15) is 11.9 Å². The van der Waals surface area contributed by atoms with E-state index in [4.69, 9.17) is 0 Å².